The lowest BCUT2D eigenvalue weighted by molar-refractivity contribution is -0.139. The van der Waals surface area contributed by atoms with Gasteiger partial charge in [-0.1, -0.05) is 42.7 Å². The monoisotopic (exact) mass is 531 g/mol. The fraction of sp³-hybridized carbons (Fsp3) is 0.481. The minimum Gasteiger partial charge on any atom is -0.493 e. The predicted molar refractivity (Wildman–Crippen MR) is 143 cm³/mol. The first-order valence-electron chi connectivity index (χ1n) is 12.4. The molecular formula is C27H37N3O6S. The molecule has 2 aromatic rings. The fourth-order valence-electron chi connectivity index (χ4n) is 4.58. The smallest absolute Gasteiger partial charge is 0.244 e. The van der Waals surface area contributed by atoms with E-state index in [0.717, 1.165) is 47.4 Å². The highest BCUT2D eigenvalue weighted by atomic mass is 32.2. The first kappa shape index (κ1) is 28.3. The molecule has 1 fully saturated rings. The summed E-state index contributed by atoms with van der Waals surface area (Å²) < 4.78 is 37.2. The Labute approximate surface area is 219 Å². The van der Waals surface area contributed by atoms with Gasteiger partial charge in [0.05, 0.1) is 26.2 Å². The third kappa shape index (κ3) is 7.38. The normalized spacial score (nSPS) is 14.6. The van der Waals surface area contributed by atoms with Crippen molar-refractivity contribution < 1.29 is 27.5 Å². The van der Waals surface area contributed by atoms with Gasteiger partial charge in [0.15, 0.2) is 11.5 Å². The van der Waals surface area contributed by atoms with Crippen molar-refractivity contribution in [2.75, 3.05) is 31.3 Å². The van der Waals surface area contributed by atoms with Crippen LogP contribution in [0.3, 0.4) is 0 Å². The van der Waals surface area contributed by atoms with E-state index in [1.165, 1.54) is 25.2 Å². The Morgan fingerprint density at radius 3 is 2.32 bits per heavy atom. The molecule has 0 spiro atoms. The van der Waals surface area contributed by atoms with Crippen molar-refractivity contribution in [1.29, 1.82) is 0 Å². The second-order valence-electron chi connectivity index (χ2n) is 9.49. The van der Waals surface area contributed by atoms with Crippen molar-refractivity contribution in [2.45, 2.75) is 58.2 Å². The molecule has 0 bridgehead atoms. The van der Waals surface area contributed by atoms with Crippen LogP contribution in [0.5, 0.6) is 11.5 Å². The number of aryl methyl sites for hydroxylation is 1. The number of benzene rings is 2. The van der Waals surface area contributed by atoms with Crippen molar-refractivity contribution in [3.8, 4) is 11.5 Å². The number of carbonyl (C=O) groups is 2. The standard InChI is InChI=1S/C27H37N3O6S/c1-19-9-8-10-21(15-19)17-29(20(2)27(32)28-22-11-6-7-12-22)26(31)18-30(37(5,33)34)23-13-14-24(35-3)25(16-23)36-4/h8-10,13-16,20,22H,6-7,11-12,17-18H2,1-5H3,(H,28,32)/t20-/m1/s1. The second-order valence-corrected chi connectivity index (χ2v) is 11.4. The zero-order valence-corrected chi connectivity index (χ0v) is 23.0. The molecule has 0 aromatic heterocycles. The highest BCUT2D eigenvalue weighted by molar-refractivity contribution is 7.92. The summed E-state index contributed by atoms with van der Waals surface area (Å²) in [6, 6.07) is 11.6. The number of nitrogens with zero attached hydrogens (tertiary/aromatic N) is 2. The summed E-state index contributed by atoms with van der Waals surface area (Å²) in [5, 5.41) is 3.06. The van der Waals surface area contributed by atoms with Crippen LogP contribution in [0.4, 0.5) is 5.69 Å². The Hall–Kier alpha value is -3.27. The summed E-state index contributed by atoms with van der Waals surface area (Å²) in [5.74, 6) is 0.0343. The van der Waals surface area contributed by atoms with E-state index in [9.17, 15) is 18.0 Å². The molecular weight excluding hydrogens is 494 g/mol. The molecule has 0 unspecified atom stereocenters. The Balaban J connectivity index is 1.91. The Morgan fingerprint density at radius 1 is 1.05 bits per heavy atom. The molecule has 1 aliphatic carbocycles. The lowest BCUT2D eigenvalue weighted by Crippen LogP contribution is -2.52. The average Bonchev–Trinajstić information content (AvgIpc) is 3.37. The molecule has 0 aliphatic heterocycles. The number of hydrogen-bond donors (Lipinski definition) is 1. The maximum Gasteiger partial charge on any atom is 0.244 e. The van der Waals surface area contributed by atoms with Crippen molar-refractivity contribution in [3.63, 3.8) is 0 Å². The quantitative estimate of drug-likeness (QED) is 0.477. The van der Waals surface area contributed by atoms with Gasteiger partial charge in [0, 0.05) is 18.7 Å². The van der Waals surface area contributed by atoms with Crippen LogP contribution in [-0.2, 0) is 26.2 Å². The molecule has 3 rings (SSSR count). The zero-order chi connectivity index (χ0) is 27.2. The molecule has 1 N–H and O–H groups in total. The van der Waals surface area contributed by atoms with Gasteiger partial charge in [-0.2, -0.15) is 0 Å². The number of sulfonamides is 1. The van der Waals surface area contributed by atoms with Crippen molar-refractivity contribution >= 4 is 27.5 Å². The molecule has 37 heavy (non-hydrogen) atoms. The summed E-state index contributed by atoms with van der Waals surface area (Å²) in [6.07, 6.45) is 5.02. The average molecular weight is 532 g/mol. The zero-order valence-electron chi connectivity index (χ0n) is 22.2. The third-order valence-electron chi connectivity index (χ3n) is 6.64. The molecule has 1 saturated carbocycles. The molecule has 10 heteroatoms. The van der Waals surface area contributed by atoms with Gasteiger partial charge in [-0.15, -0.1) is 0 Å². The maximum absolute atomic E-state index is 13.7. The SMILES string of the molecule is COc1ccc(N(CC(=O)N(Cc2cccc(C)c2)[C@H](C)C(=O)NC2CCCC2)S(C)(=O)=O)cc1OC. The minimum absolute atomic E-state index is 0.102. The lowest BCUT2D eigenvalue weighted by atomic mass is 10.1. The van der Waals surface area contributed by atoms with Gasteiger partial charge in [0.25, 0.3) is 0 Å². The van der Waals surface area contributed by atoms with Crippen LogP contribution < -0.4 is 19.1 Å². The van der Waals surface area contributed by atoms with E-state index in [1.807, 2.05) is 31.2 Å². The Bertz CT molecular complexity index is 1210. The van der Waals surface area contributed by atoms with Gasteiger partial charge in [0.1, 0.15) is 12.6 Å². The molecule has 0 heterocycles. The molecule has 2 aromatic carbocycles. The predicted octanol–water partition coefficient (Wildman–Crippen LogP) is 3.25. The van der Waals surface area contributed by atoms with E-state index in [4.69, 9.17) is 9.47 Å². The van der Waals surface area contributed by atoms with E-state index in [2.05, 4.69) is 5.32 Å². The van der Waals surface area contributed by atoms with Crippen LogP contribution in [0.15, 0.2) is 42.5 Å². The maximum atomic E-state index is 13.7. The first-order valence-corrected chi connectivity index (χ1v) is 14.2. The number of nitrogens with one attached hydrogen (secondary N) is 1. The topological polar surface area (TPSA) is 105 Å². The number of rotatable bonds is 11. The van der Waals surface area contributed by atoms with Gasteiger partial charge in [-0.3, -0.25) is 13.9 Å². The Kier molecular flexibility index (Phi) is 9.42. The van der Waals surface area contributed by atoms with Gasteiger partial charge in [-0.25, -0.2) is 8.42 Å². The molecule has 0 radical (unpaired) electrons. The van der Waals surface area contributed by atoms with Crippen LogP contribution in [0, 0.1) is 6.92 Å². The van der Waals surface area contributed by atoms with Gasteiger partial charge >= 0.3 is 0 Å². The number of methoxy groups -OCH3 is 2. The van der Waals surface area contributed by atoms with Crippen LogP contribution in [0.2, 0.25) is 0 Å². The number of ether oxygens (including phenoxy) is 2. The number of hydrogen-bond acceptors (Lipinski definition) is 6. The van der Waals surface area contributed by atoms with Crippen LogP contribution in [0.1, 0.15) is 43.7 Å². The van der Waals surface area contributed by atoms with Crippen LogP contribution in [0.25, 0.3) is 0 Å². The van der Waals surface area contributed by atoms with Gasteiger partial charge in [0.2, 0.25) is 21.8 Å². The minimum atomic E-state index is -3.85. The summed E-state index contributed by atoms with van der Waals surface area (Å²) in [7, 11) is -0.913. The van der Waals surface area contributed by atoms with Crippen molar-refractivity contribution in [1.82, 2.24) is 10.2 Å². The molecule has 1 atom stereocenters. The first-order chi connectivity index (χ1) is 17.5. The molecule has 2 amide bonds. The Morgan fingerprint density at radius 2 is 1.73 bits per heavy atom. The van der Waals surface area contributed by atoms with E-state index < -0.39 is 28.5 Å². The summed E-state index contributed by atoms with van der Waals surface area (Å²) in [4.78, 5) is 28.3. The number of amides is 2. The number of anilines is 1. The van der Waals surface area contributed by atoms with Crippen LogP contribution in [-0.4, -0.2) is 64.2 Å². The van der Waals surface area contributed by atoms with Crippen molar-refractivity contribution in [3.05, 3.63) is 53.6 Å². The van der Waals surface area contributed by atoms with Crippen molar-refractivity contribution in [2.24, 2.45) is 0 Å². The third-order valence-corrected chi connectivity index (χ3v) is 7.78. The van der Waals surface area contributed by atoms with Gasteiger partial charge < -0.3 is 19.7 Å². The highest BCUT2D eigenvalue weighted by Gasteiger charge is 2.31. The largest absolute Gasteiger partial charge is 0.493 e. The summed E-state index contributed by atoms with van der Waals surface area (Å²) in [5.41, 5.74) is 2.13. The number of carbonyl (C=O) groups excluding carboxylic acids is 2. The molecule has 202 valence electrons. The highest BCUT2D eigenvalue weighted by Crippen LogP contribution is 2.32. The van der Waals surface area contributed by atoms with E-state index in [-0.39, 0.29) is 24.2 Å². The molecule has 0 saturated heterocycles. The summed E-state index contributed by atoms with van der Waals surface area (Å²) >= 11 is 0. The summed E-state index contributed by atoms with van der Waals surface area (Å²) in [6.45, 7) is 3.33. The second kappa shape index (κ2) is 12.3. The van der Waals surface area contributed by atoms with Gasteiger partial charge in [-0.05, 0) is 44.4 Å². The molecule has 1 aliphatic rings. The molecule has 9 nitrogen and oxygen atoms in total. The van der Waals surface area contributed by atoms with E-state index in [1.54, 1.807) is 19.1 Å². The lowest BCUT2D eigenvalue weighted by Gasteiger charge is -2.32. The fourth-order valence-corrected chi connectivity index (χ4v) is 5.42. The van der Waals surface area contributed by atoms with E-state index in [0.29, 0.717) is 11.5 Å². The van der Waals surface area contributed by atoms with Crippen LogP contribution >= 0.6 is 0 Å². The van der Waals surface area contributed by atoms with E-state index >= 15 is 0 Å².